The van der Waals surface area contributed by atoms with Gasteiger partial charge in [0, 0.05) is 28.9 Å². The lowest BCUT2D eigenvalue weighted by atomic mass is 9.55. The smallest absolute Gasteiger partial charge is 0.115 e. The second kappa shape index (κ2) is 7.36. The zero-order chi connectivity index (χ0) is 20.9. The van der Waals surface area contributed by atoms with Crippen LogP contribution in [0, 0.1) is 24.2 Å². The van der Waals surface area contributed by atoms with Crippen LogP contribution in [0.5, 0.6) is 5.75 Å². The van der Waals surface area contributed by atoms with Crippen molar-refractivity contribution in [3.63, 3.8) is 0 Å². The second-order valence-electron chi connectivity index (χ2n) is 9.59. The third-order valence-corrected chi connectivity index (χ3v) is 8.27. The Labute approximate surface area is 178 Å². The van der Waals surface area contributed by atoms with Gasteiger partial charge in [0.25, 0.3) is 0 Å². The summed E-state index contributed by atoms with van der Waals surface area (Å²) in [6.07, 6.45) is 10.7. The van der Waals surface area contributed by atoms with Crippen LogP contribution < -0.4 is 0 Å². The highest BCUT2D eigenvalue weighted by atomic mass is 16.3. The first-order valence-electron chi connectivity index (χ1n) is 11.5. The molecule has 0 aliphatic heterocycles. The van der Waals surface area contributed by atoms with Gasteiger partial charge in [-0.2, -0.15) is 15.3 Å². The molecule has 5 rings (SSSR count). The third-order valence-electron chi connectivity index (χ3n) is 8.27. The van der Waals surface area contributed by atoms with Crippen LogP contribution in [0.4, 0.5) is 0 Å². The van der Waals surface area contributed by atoms with Crippen molar-refractivity contribution in [2.24, 2.45) is 27.5 Å². The number of fused-ring (bicyclic) bond motifs is 5. The fourth-order valence-corrected chi connectivity index (χ4v) is 6.59. The molecule has 0 amide bonds. The van der Waals surface area contributed by atoms with Crippen LogP contribution in [-0.2, 0) is 13.0 Å². The molecule has 2 saturated carbocycles. The van der Waals surface area contributed by atoms with Gasteiger partial charge in [0.2, 0.25) is 0 Å². The fourth-order valence-electron chi connectivity index (χ4n) is 6.59. The first-order valence-corrected chi connectivity index (χ1v) is 11.5. The van der Waals surface area contributed by atoms with E-state index in [1.54, 1.807) is 0 Å². The summed E-state index contributed by atoms with van der Waals surface area (Å²) in [5.74, 6) is 2.46. The Morgan fingerprint density at radius 1 is 1.27 bits per heavy atom. The predicted molar refractivity (Wildman–Crippen MR) is 120 cm³/mol. The molecule has 30 heavy (non-hydrogen) atoms. The number of nitrogens with zero attached hydrogens (tertiary/aromatic N) is 4. The molecule has 1 aromatic heterocycles. The monoisotopic (exact) mass is 404 g/mol. The third kappa shape index (κ3) is 3.01. The van der Waals surface area contributed by atoms with E-state index in [0.29, 0.717) is 17.6 Å². The van der Waals surface area contributed by atoms with Crippen LogP contribution >= 0.6 is 0 Å². The van der Waals surface area contributed by atoms with Gasteiger partial charge in [-0.3, -0.25) is 4.68 Å². The van der Waals surface area contributed by atoms with Crippen LogP contribution in [0.1, 0.15) is 74.3 Å². The number of benzene rings is 1. The second-order valence-corrected chi connectivity index (χ2v) is 9.59. The number of phenols is 1. The SMILES string of the molecule is CCn1ncc(/C=N/N=C2\CCC3C4CCc5cc(O)ccc5C4CCC23C)c1C. The van der Waals surface area contributed by atoms with Crippen LogP contribution in [0.15, 0.2) is 34.6 Å². The fraction of sp³-hybridized carbons (Fsp3) is 0.560. The van der Waals surface area contributed by atoms with E-state index in [-0.39, 0.29) is 5.41 Å². The molecule has 3 aliphatic carbocycles. The molecule has 0 spiro atoms. The number of phenolic OH excluding ortho intramolecular Hbond substituents is 1. The summed E-state index contributed by atoms with van der Waals surface area (Å²) in [4.78, 5) is 0. The van der Waals surface area contributed by atoms with Gasteiger partial charge in [-0.25, -0.2) is 0 Å². The Bertz CT molecular complexity index is 1020. The van der Waals surface area contributed by atoms with Crippen LogP contribution in [0.25, 0.3) is 0 Å². The summed E-state index contributed by atoms with van der Waals surface area (Å²) < 4.78 is 1.99. The number of aryl methyl sites for hydroxylation is 2. The summed E-state index contributed by atoms with van der Waals surface area (Å²) in [7, 11) is 0. The van der Waals surface area contributed by atoms with Gasteiger partial charge in [0.1, 0.15) is 5.75 Å². The molecule has 1 aromatic carbocycles. The maximum absolute atomic E-state index is 9.87. The van der Waals surface area contributed by atoms with Gasteiger partial charge in [-0.15, -0.1) is 0 Å². The lowest BCUT2D eigenvalue weighted by molar-refractivity contribution is 0.0955. The Hall–Kier alpha value is -2.43. The predicted octanol–water partition coefficient (Wildman–Crippen LogP) is 5.25. The largest absolute Gasteiger partial charge is 0.508 e. The van der Waals surface area contributed by atoms with Crippen molar-refractivity contribution in [1.29, 1.82) is 0 Å². The van der Waals surface area contributed by atoms with E-state index in [2.05, 4.69) is 37.0 Å². The van der Waals surface area contributed by atoms with Crippen molar-refractivity contribution in [2.75, 3.05) is 0 Å². The first-order chi connectivity index (χ1) is 14.5. The van der Waals surface area contributed by atoms with Crippen LogP contribution in [-0.4, -0.2) is 26.8 Å². The van der Waals surface area contributed by atoms with Crippen LogP contribution in [0.2, 0.25) is 0 Å². The summed E-state index contributed by atoms with van der Waals surface area (Å²) in [6.45, 7) is 7.49. The quantitative estimate of drug-likeness (QED) is 0.561. The van der Waals surface area contributed by atoms with Crippen molar-refractivity contribution < 1.29 is 5.11 Å². The number of aromatic nitrogens is 2. The van der Waals surface area contributed by atoms with E-state index in [1.807, 2.05) is 29.2 Å². The maximum Gasteiger partial charge on any atom is 0.115 e. The van der Waals surface area contributed by atoms with Gasteiger partial charge < -0.3 is 5.11 Å². The highest BCUT2D eigenvalue weighted by Gasteiger charge is 2.53. The van der Waals surface area contributed by atoms with Crippen LogP contribution in [0.3, 0.4) is 0 Å². The van der Waals surface area contributed by atoms with Crippen molar-refractivity contribution in [1.82, 2.24) is 9.78 Å². The minimum atomic E-state index is 0.176. The standard InChI is InChI=1S/C25H32N4O/c1-4-29-16(2)18(15-27-29)14-26-28-24-10-9-23-22-7-5-17-13-19(30)6-8-20(17)21(22)11-12-25(23,24)3/h6,8,13-15,21-23,30H,4-5,7,9-12H2,1-3H3/b26-14+,28-24+. The lowest BCUT2D eigenvalue weighted by Crippen LogP contribution is -2.42. The highest BCUT2D eigenvalue weighted by molar-refractivity contribution is 5.93. The number of hydrogen-bond acceptors (Lipinski definition) is 4. The Balaban J connectivity index is 1.37. The molecule has 0 saturated heterocycles. The summed E-state index contributed by atoms with van der Waals surface area (Å²) in [6, 6.07) is 6.03. The Morgan fingerprint density at radius 3 is 2.93 bits per heavy atom. The zero-order valence-electron chi connectivity index (χ0n) is 18.3. The Kier molecular flexibility index (Phi) is 4.79. The topological polar surface area (TPSA) is 62.8 Å². The van der Waals surface area contributed by atoms with Gasteiger partial charge in [0.15, 0.2) is 0 Å². The molecule has 1 heterocycles. The van der Waals surface area contributed by atoms with E-state index in [1.165, 1.54) is 42.5 Å². The van der Waals surface area contributed by atoms with Gasteiger partial charge in [0.05, 0.1) is 12.4 Å². The van der Waals surface area contributed by atoms with Gasteiger partial charge in [-0.05, 0) is 93.4 Å². The molecule has 2 fully saturated rings. The molecule has 4 atom stereocenters. The van der Waals surface area contributed by atoms with E-state index in [9.17, 15) is 5.11 Å². The molecule has 2 aromatic rings. The Morgan fingerprint density at radius 2 is 2.13 bits per heavy atom. The van der Waals surface area contributed by atoms with Crippen molar-refractivity contribution in [3.8, 4) is 5.75 Å². The zero-order valence-corrected chi connectivity index (χ0v) is 18.3. The molecule has 5 nitrogen and oxygen atoms in total. The van der Waals surface area contributed by atoms with Crippen molar-refractivity contribution in [3.05, 3.63) is 46.8 Å². The molecule has 5 heteroatoms. The maximum atomic E-state index is 9.87. The van der Waals surface area contributed by atoms with Crippen molar-refractivity contribution >= 4 is 11.9 Å². The summed E-state index contributed by atoms with van der Waals surface area (Å²) in [5.41, 5.74) is 6.51. The molecule has 0 radical (unpaired) electrons. The number of hydrogen-bond donors (Lipinski definition) is 1. The van der Waals surface area contributed by atoms with E-state index in [0.717, 1.165) is 36.6 Å². The van der Waals surface area contributed by atoms with E-state index >= 15 is 0 Å². The molecular formula is C25H32N4O. The van der Waals surface area contributed by atoms with E-state index < -0.39 is 0 Å². The molecule has 0 bridgehead atoms. The molecule has 158 valence electrons. The average molecular weight is 405 g/mol. The van der Waals surface area contributed by atoms with Crippen molar-refractivity contribution in [2.45, 2.75) is 71.8 Å². The summed E-state index contributed by atoms with van der Waals surface area (Å²) >= 11 is 0. The number of rotatable bonds is 3. The molecule has 3 aliphatic rings. The minimum absolute atomic E-state index is 0.176. The highest BCUT2D eigenvalue weighted by Crippen LogP contribution is 2.60. The van der Waals surface area contributed by atoms with Gasteiger partial charge >= 0.3 is 0 Å². The van der Waals surface area contributed by atoms with E-state index in [4.69, 9.17) is 5.10 Å². The average Bonchev–Trinajstić information content (AvgIpc) is 3.27. The lowest BCUT2D eigenvalue weighted by Gasteiger charge is -2.49. The minimum Gasteiger partial charge on any atom is -0.508 e. The van der Waals surface area contributed by atoms with Gasteiger partial charge in [-0.1, -0.05) is 13.0 Å². The molecular weight excluding hydrogens is 372 g/mol. The normalized spacial score (nSPS) is 31.7. The summed E-state index contributed by atoms with van der Waals surface area (Å²) in [5, 5.41) is 23.5. The first kappa shape index (κ1) is 19.5. The molecule has 4 unspecified atom stereocenters. The number of aromatic hydroxyl groups is 1. The molecule has 1 N–H and O–H groups in total.